The molecule has 1 saturated heterocycles. The van der Waals surface area contributed by atoms with Gasteiger partial charge in [0.05, 0.1) is 12.3 Å². The van der Waals surface area contributed by atoms with Gasteiger partial charge in [-0.2, -0.15) is 0 Å². The van der Waals surface area contributed by atoms with Gasteiger partial charge in [0.1, 0.15) is 11.6 Å². The molecule has 4 rings (SSSR count). The first-order valence-corrected chi connectivity index (χ1v) is 9.00. The molecule has 2 fully saturated rings. The molecule has 2 aromatic rings. The van der Waals surface area contributed by atoms with Crippen LogP contribution in [0.2, 0.25) is 0 Å². The molecule has 24 heavy (non-hydrogen) atoms. The fraction of sp³-hybridized carbons (Fsp3) is 0.579. The van der Waals surface area contributed by atoms with E-state index in [0.29, 0.717) is 17.9 Å². The summed E-state index contributed by atoms with van der Waals surface area (Å²) in [5, 5.41) is 0. The normalized spacial score (nSPS) is 26.8. The first kappa shape index (κ1) is 15.5. The highest BCUT2D eigenvalue weighted by molar-refractivity contribution is 5.83. The number of furan rings is 1. The van der Waals surface area contributed by atoms with Crippen LogP contribution in [0.5, 0.6) is 0 Å². The topological polar surface area (TPSA) is 51.3 Å². The van der Waals surface area contributed by atoms with Gasteiger partial charge in [0.15, 0.2) is 0 Å². The summed E-state index contributed by atoms with van der Waals surface area (Å²) >= 11 is 0. The van der Waals surface area contributed by atoms with E-state index in [1.165, 1.54) is 0 Å². The molecule has 0 bridgehead atoms. The predicted octanol–water partition coefficient (Wildman–Crippen LogP) is 3.57. The van der Waals surface area contributed by atoms with Crippen LogP contribution >= 0.6 is 0 Å². The Hall–Kier alpha value is -2.04. The zero-order valence-corrected chi connectivity index (χ0v) is 14.4. The molecule has 1 saturated carbocycles. The number of carbonyl (C=O) groups excluding carboxylic acids is 1. The average Bonchev–Trinajstić information content (AvgIpc) is 3.03. The summed E-state index contributed by atoms with van der Waals surface area (Å²) in [6.07, 6.45) is 8.74. The van der Waals surface area contributed by atoms with Crippen LogP contribution in [0.25, 0.3) is 0 Å². The number of nitrogens with zero attached hydrogens (tertiary/aromatic N) is 3. The third-order valence-electron chi connectivity index (χ3n) is 5.33. The van der Waals surface area contributed by atoms with E-state index in [1.807, 2.05) is 18.3 Å². The van der Waals surface area contributed by atoms with Gasteiger partial charge >= 0.3 is 0 Å². The SMILES string of the molecule is CC(C)c1nccn1[C@@H]1CCCN(C(=O)[C@H]2C[C@@H]2c2ccco2)C1. The van der Waals surface area contributed by atoms with Gasteiger partial charge in [-0.3, -0.25) is 4.79 Å². The van der Waals surface area contributed by atoms with Crippen LogP contribution in [0.4, 0.5) is 0 Å². The van der Waals surface area contributed by atoms with Crippen LogP contribution in [0.15, 0.2) is 35.2 Å². The molecule has 0 unspecified atom stereocenters. The maximum atomic E-state index is 12.9. The van der Waals surface area contributed by atoms with Gasteiger partial charge in [0, 0.05) is 43.2 Å². The Morgan fingerprint density at radius 1 is 1.42 bits per heavy atom. The van der Waals surface area contributed by atoms with Crippen LogP contribution in [0.1, 0.15) is 62.6 Å². The van der Waals surface area contributed by atoms with Crippen LogP contribution in [-0.4, -0.2) is 33.4 Å². The van der Waals surface area contributed by atoms with E-state index in [-0.39, 0.29) is 11.8 Å². The maximum absolute atomic E-state index is 12.9. The molecular weight excluding hydrogens is 302 g/mol. The Labute approximate surface area is 142 Å². The number of rotatable bonds is 4. The number of hydrogen-bond donors (Lipinski definition) is 0. The Morgan fingerprint density at radius 2 is 2.29 bits per heavy atom. The lowest BCUT2D eigenvalue weighted by Gasteiger charge is -2.34. The monoisotopic (exact) mass is 327 g/mol. The van der Waals surface area contributed by atoms with E-state index >= 15 is 0 Å². The minimum atomic E-state index is 0.113. The Morgan fingerprint density at radius 3 is 3.04 bits per heavy atom. The number of hydrogen-bond acceptors (Lipinski definition) is 3. The third kappa shape index (κ3) is 2.76. The Kier molecular flexibility index (Phi) is 3.94. The molecule has 1 aliphatic carbocycles. The van der Waals surface area contributed by atoms with Crippen molar-refractivity contribution in [1.29, 1.82) is 0 Å². The smallest absolute Gasteiger partial charge is 0.226 e. The minimum Gasteiger partial charge on any atom is -0.469 e. The Balaban J connectivity index is 1.44. The number of likely N-dealkylation sites (tertiary alicyclic amines) is 1. The summed E-state index contributed by atoms with van der Waals surface area (Å²) in [5.74, 6) is 3.17. The summed E-state index contributed by atoms with van der Waals surface area (Å²) in [7, 11) is 0. The van der Waals surface area contributed by atoms with Crippen molar-refractivity contribution in [3.05, 3.63) is 42.4 Å². The van der Waals surface area contributed by atoms with Gasteiger partial charge in [-0.1, -0.05) is 13.8 Å². The van der Waals surface area contributed by atoms with E-state index in [0.717, 1.165) is 43.9 Å². The zero-order valence-electron chi connectivity index (χ0n) is 14.4. The summed E-state index contributed by atoms with van der Waals surface area (Å²) in [5.41, 5.74) is 0. The lowest BCUT2D eigenvalue weighted by molar-refractivity contribution is -0.134. The molecule has 0 radical (unpaired) electrons. The molecule has 1 aliphatic heterocycles. The summed E-state index contributed by atoms with van der Waals surface area (Å²) < 4.78 is 7.74. The standard InChI is InChI=1S/C19H25N3O2/c1-13(2)18-20-7-9-22(18)14-5-3-8-21(12-14)19(23)16-11-15(16)17-6-4-10-24-17/h4,6-7,9-10,13-16H,3,5,8,11-12H2,1-2H3/t14-,15+,16+/m1/s1. The van der Waals surface area contributed by atoms with Crippen LogP contribution < -0.4 is 0 Å². The summed E-state index contributed by atoms with van der Waals surface area (Å²) in [4.78, 5) is 19.4. The molecule has 0 spiro atoms. The molecule has 1 amide bonds. The molecule has 5 heteroatoms. The van der Waals surface area contributed by atoms with E-state index in [1.54, 1.807) is 6.26 Å². The summed E-state index contributed by atoms with van der Waals surface area (Å²) in [6, 6.07) is 4.24. The maximum Gasteiger partial charge on any atom is 0.226 e. The third-order valence-corrected chi connectivity index (χ3v) is 5.33. The summed E-state index contributed by atoms with van der Waals surface area (Å²) in [6.45, 7) is 6.02. The van der Waals surface area contributed by atoms with E-state index in [4.69, 9.17) is 4.42 Å². The average molecular weight is 327 g/mol. The van der Waals surface area contributed by atoms with Crippen LogP contribution in [0.3, 0.4) is 0 Å². The van der Waals surface area contributed by atoms with E-state index in [2.05, 4.69) is 34.5 Å². The van der Waals surface area contributed by atoms with Crippen molar-refractivity contribution in [3.8, 4) is 0 Å². The van der Waals surface area contributed by atoms with Crippen molar-refractivity contribution < 1.29 is 9.21 Å². The highest BCUT2D eigenvalue weighted by atomic mass is 16.3. The number of aromatic nitrogens is 2. The van der Waals surface area contributed by atoms with Gasteiger partial charge in [-0.15, -0.1) is 0 Å². The van der Waals surface area contributed by atoms with Gasteiger partial charge in [0.2, 0.25) is 5.91 Å². The quantitative estimate of drug-likeness (QED) is 0.862. The highest BCUT2D eigenvalue weighted by Crippen LogP contribution is 2.49. The highest BCUT2D eigenvalue weighted by Gasteiger charge is 2.48. The Bertz CT molecular complexity index is 704. The molecule has 0 N–H and O–H groups in total. The van der Waals surface area contributed by atoms with Crippen molar-refractivity contribution >= 4 is 5.91 Å². The molecule has 2 aliphatic rings. The van der Waals surface area contributed by atoms with Gasteiger partial charge in [-0.25, -0.2) is 4.98 Å². The van der Waals surface area contributed by atoms with Gasteiger partial charge in [-0.05, 0) is 31.4 Å². The molecule has 2 aromatic heterocycles. The first-order chi connectivity index (χ1) is 11.6. The molecule has 0 aromatic carbocycles. The van der Waals surface area contributed by atoms with E-state index < -0.39 is 0 Å². The van der Waals surface area contributed by atoms with Gasteiger partial charge in [0.25, 0.3) is 0 Å². The number of imidazole rings is 1. The fourth-order valence-electron chi connectivity index (χ4n) is 3.98. The molecule has 5 nitrogen and oxygen atoms in total. The minimum absolute atomic E-state index is 0.113. The lowest BCUT2D eigenvalue weighted by Crippen LogP contribution is -2.42. The number of amides is 1. The van der Waals surface area contributed by atoms with Crippen molar-refractivity contribution in [2.45, 2.75) is 51.0 Å². The molecule has 128 valence electrons. The first-order valence-electron chi connectivity index (χ1n) is 9.00. The molecule has 3 heterocycles. The second kappa shape index (κ2) is 6.11. The second-order valence-electron chi connectivity index (χ2n) is 7.39. The van der Waals surface area contributed by atoms with Crippen molar-refractivity contribution in [2.75, 3.05) is 13.1 Å². The fourth-order valence-corrected chi connectivity index (χ4v) is 3.98. The van der Waals surface area contributed by atoms with Crippen molar-refractivity contribution in [3.63, 3.8) is 0 Å². The largest absolute Gasteiger partial charge is 0.469 e. The number of carbonyl (C=O) groups is 1. The predicted molar refractivity (Wildman–Crippen MR) is 90.7 cm³/mol. The lowest BCUT2D eigenvalue weighted by atomic mass is 10.0. The number of piperidine rings is 1. The van der Waals surface area contributed by atoms with Crippen LogP contribution in [-0.2, 0) is 4.79 Å². The van der Waals surface area contributed by atoms with Crippen molar-refractivity contribution in [1.82, 2.24) is 14.5 Å². The van der Waals surface area contributed by atoms with Crippen LogP contribution in [0, 0.1) is 5.92 Å². The molecular formula is C19H25N3O2. The molecule has 3 atom stereocenters. The van der Waals surface area contributed by atoms with Gasteiger partial charge < -0.3 is 13.9 Å². The zero-order chi connectivity index (χ0) is 16.7. The van der Waals surface area contributed by atoms with Crippen molar-refractivity contribution in [2.24, 2.45) is 5.92 Å². The van der Waals surface area contributed by atoms with E-state index in [9.17, 15) is 4.79 Å². The second-order valence-corrected chi connectivity index (χ2v) is 7.39.